The van der Waals surface area contributed by atoms with Crippen LogP contribution in [0.1, 0.15) is 63.3 Å². The molecule has 0 aromatic rings. The number of hydrogen-bond acceptors (Lipinski definition) is 5. The summed E-state index contributed by atoms with van der Waals surface area (Å²) in [6.07, 6.45) is 3.33. The van der Waals surface area contributed by atoms with Gasteiger partial charge in [0.15, 0.2) is 0 Å². The van der Waals surface area contributed by atoms with Crippen LogP contribution in [0.25, 0.3) is 0 Å². The minimum Gasteiger partial charge on any atom is -0.385 e. The Morgan fingerprint density at radius 2 is 1.22 bits per heavy atom. The molecule has 2 fully saturated rings. The Balaban J connectivity index is -0.0000000397. The van der Waals surface area contributed by atoms with Crippen molar-refractivity contribution in [3.05, 3.63) is 7.43 Å². The lowest BCUT2D eigenvalue weighted by atomic mass is 10.4. The molecule has 0 amide bonds. The summed E-state index contributed by atoms with van der Waals surface area (Å²) in [5.41, 5.74) is 0. The Hall–Kier alpha value is 0.400. The molecule has 2 saturated heterocycles. The number of ether oxygens (including phenoxy) is 5. The zero-order chi connectivity index (χ0) is 17.1. The molecule has 0 bridgehead atoms. The lowest BCUT2D eigenvalue weighted by molar-refractivity contribution is 0.0622. The van der Waals surface area contributed by atoms with E-state index in [-0.39, 0.29) is 37.1 Å². The van der Waals surface area contributed by atoms with Gasteiger partial charge < -0.3 is 23.7 Å². The Kier molecular flexibility index (Phi) is 69.6. The predicted octanol–water partition coefficient (Wildman–Crippen LogP) is 6.32. The summed E-state index contributed by atoms with van der Waals surface area (Å²) in [6, 6.07) is 0. The zero-order valence-corrected chi connectivity index (χ0v) is 18.1. The molecule has 5 nitrogen and oxygen atoms in total. The van der Waals surface area contributed by atoms with Crippen LogP contribution in [0.5, 0.6) is 0 Å². The van der Waals surface area contributed by atoms with Crippen LogP contribution in [0.3, 0.4) is 0 Å². The SMILES string of the molecule is C.C.C.C.CCC1CO1.CCCOC.CCI.COCCOCC1CO1.[CH3+]. The number of alkyl halides is 1. The van der Waals surface area contributed by atoms with Gasteiger partial charge in [0.05, 0.1) is 39.1 Å². The first kappa shape index (κ1) is 45.9. The molecule has 0 aromatic heterocycles. The van der Waals surface area contributed by atoms with E-state index in [2.05, 4.69) is 43.4 Å². The predicted molar refractivity (Wildman–Crippen MR) is 133 cm³/mol. The number of hydrogen-bond donors (Lipinski definition) is 0. The Labute approximate surface area is 187 Å². The van der Waals surface area contributed by atoms with Crippen LogP contribution in [0, 0.1) is 7.43 Å². The first-order valence-corrected chi connectivity index (χ1v) is 9.57. The molecule has 0 aromatic carbocycles. The highest BCUT2D eigenvalue weighted by Gasteiger charge is 2.21. The van der Waals surface area contributed by atoms with Crippen molar-refractivity contribution >= 4 is 22.6 Å². The van der Waals surface area contributed by atoms with Crippen molar-refractivity contribution in [3.63, 3.8) is 0 Å². The van der Waals surface area contributed by atoms with Crippen molar-refractivity contribution < 1.29 is 23.7 Å². The van der Waals surface area contributed by atoms with Gasteiger partial charge in [0.1, 0.15) is 6.10 Å². The van der Waals surface area contributed by atoms with Crippen molar-refractivity contribution in [2.24, 2.45) is 0 Å². The summed E-state index contributed by atoms with van der Waals surface area (Å²) in [7, 11) is 3.38. The molecular weight excluding hydrogens is 459 g/mol. The third-order valence-electron chi connectivity index (χ3n) is 2.40. The fraction of sp³-hybridized carbons (Fsp3) is 0.952. The first-order chi connectivity index (χ1) is 10.7. The van der Waals surface area contributed by atoms with E-state index in [1.807, 2.05) is 0 Å². The van der Waals surface area contributed by atoms with Gasteiger partial charge in [-0.1, -0.05) is 73.1 Å². The van der Waals surface area contributed by atoms with Crippen LogP contribution in [-0.2, 0) is 23.7 Å². The van der Waals surface area contributed by atoms with Crippen molar-refractivity contribution in [3.8, 4) is 0 Å². The summed E-state index contributed by atoms with van der Waals surface area (Å²) in [6.45, 7) is 11.2. The van der Waals surface area contributed by atoms with Gasteiger partial charge >= 0.3 is 0 Å². The summed E-state index contributed by atoms with van der Waals surface area (Å²) in [5, 5.41) is 0. The lowest BCUT2D eigenvalue weighted by Crippen LogP contribution is -2.06. The van der Waals surface area contributed by atoms with E-state index in [4.69, 9.17) is 23.7 Å². The maximum atomic E-state index is 5.15. The van der Waals surface area contributed by atoms with E-state index in [0.29, 0.717) is 25.4 Å². The Morgan fingerprint density at radius 3 is 1.41 bits per heavy atom. The van der Waals surface area contributed by atoms with Gasteiger partial charge in [-0.25, -0.2) is 0 Å². The molecule has 174 valence electrons. The molecule has 2 unspecified atom stereocenters. The smallest absolute Gasteiger partial charge is 0.104 e. The van der Waals surface area contributed by atoms with Gasteiger partial charge in [-0.3, -0.25) is 0 Å². The quantitative estimate of drug-likeness (QED) is 0.125. The highest BCUT2D eigenvalue weighted by Crippen LogP contribution is 2.10. The van der Waals surface area contributed by atoms with Crippen LogP contribution >= 0.6 is 22.6 Å². The van der Waals surface area contributed by atoms with Gasteiger partial charge in [-0.05, 0) is 17.3 Å². The molecule has 6 heteroatoms. The van der Waals surface area contributed by atoms with Gasteiger partial charge in [0, 0.05) is 28.3 Å². The Morgan fingerprint density at radius 1 is 0.815 bits per heavy atom. The van der Waals surface area contributed by atoms with Crippen LogP contribution in [0.4, 0.5) is 0 Å². The standard InChI is InChI=1S/C6H12O3.C4H8O.C4H10O.C2H5I.4CH4.CH3/c1-7-2-3-8-4-6-5-9-6;1-2-4-3-5-4;1-3-4-5-2;1-2-3;;;;;/h6H,2-5H2,1H3;4H,2-3H2,1H3;3-4H2,1-2H3;2H2,1H3;4*1H4;1H3/q;;;;;;;;+1. The molecule has 2 atom stereocenters. The largest absolute Gasteiger partial charge is 0.385 e. The third kappa shape index (κ3) is 58.4. The van der Waals surface area contributed by atoms with Crippen LogP contribution in [0.2, 0.25) is 0 Å². The molecule has 0 saturated carbocycles. The van der Waals surface area contributed by atoms with E-state index in [9.17, 15) is 0 Å². The maximum absolute atomic E-state index is 5.15. The first-order valence-electron chi connectivity index (χ1n) is 8.04. The fourth-order valence-corrected chi connectivity index (χ4v) is 1.03. The lowest BCUT2D eigenvalue weighted by Gasteiger charge is -1.98. The highest BCUT2D eigenvalue weighted by atomic mass is 127. The Bertz CT molecular complexity index is 187. The van der Waals surface area contributed by atoms with Gasteiger partial charge in [-0.15, -0.1) is 0 Å². The molecule has 27 heavy (non-hydrogen) atoms. The maximum Gasteiger partial charge on any atom is 0.104 e. The number of rotatable bonds is 8. The molecule has 2 rings (SSSR count). The van der Waals surface area contributed by atoms with E-state index < -0.39 is 0 Å². The second-order valence-corrected chi connectivity index (χ2v) is 6.17. The average molecular weight is 514 g/mol. The van der Waals surface area contributed by atoms with Crippen LogP contribution in [-0.4, -0.2) is 70.5 Å². The van der Waals surface area contributed by atoms with E-state index in [1.165, 1.54) is 10.8 Å². The molecule has 2 aliphatic heterocycles. The molecular formula is C21H54IO5+. The second-order valence-electron chi connectivity index (χ2n) is 4.65. The summed E-state index contributed by atoms with van der Waals surface area (Å²) in [5.74, 6) is 0. The van der Waals surface area contributed by atoms with Gasteiger partial charge in [0.25, 0.3) is 0 Å². The fourth-order valence-electron chi connectivity index (χ4n) is 1.03. The monoisotopic (exact) mass is 513 g/mol. The molecule has 0 spiro atoms. The normalized spacial score (nSPS) is 16.7. The van der Waals surface area contributed by atoms with Gasteiger partial charge in [-0.2, -0.15) is 0 Å². The van der Waals surface area contributed by atoms with Gasteiger partial charge in [0.2, 0.25) is 0 Å². The highest BCUT2D eigenvalue weighted by molar-refractivity contribution is 14.1. The van der Waals surface area contributed by atoms with E-state index >= 15 is 0 Å². The number of halogens is 1. The molecule has 2 heterocycles. The van der Waals surface area contributed by atoms with E-state index in [1.54, 1.807) is 14.2 Å². The van der Waals surface area contributed by atoms with E-state index in [0.717, 1.165) is 32.8 Å². The molecule has 0 N–H and O–H groups in total. The number of epoxide rings is 2. The van der Waals surface area contributed by atoms with Crippen molar-refractivity contribution in [1.82, 2.24) is 0 Å². The third-order valence-corrected chi connectivity index (χ3v) is 2.40. The molecule has 0 aliphatic carbocycles. The summed E-state index contributed by atoms with van der Waals surface area (Å²) in [4.78, 5) is 0. The van der Waals surface area contributed by atoms with Crippen LogP contribution < -0.4 is 0 Å². The summed E-state index contributed by atoms with van der Waals surface area (Å²) >= 11 is 2.29. The summed E-state index contributed by atoms with van der Waals surface area (Å²) < 4.78 is 25.6. The zero-order valence-electron chi connectivity index (χ0n) is 15.9. The minimum absolute atomic E-state index is 0. The van der Waals surface area contributed by atoms with Crippen molar-refractivity contribution in [2.75, 3.05) is 58.3 Å². The average Bonchev–Trinajstić information content (AvgIpc) is 3.41. The minimum atomic E-state index is 0. The van der Waals surface area contributed by atoms with Crippen molar-refractivity contribution in [1.29, 1.82) is 0 Å². The second kappa shape index (κ2) is 40.9. The molecule has 2 aliphatic rings. The van der Waals surface area contributed by atoms with Crippen molar-refractivity contribution in [2.45, 2.75) is 75.5 Å². The van der Waals surface area contributed by atoms with Crippen LogP contribution in [0.15, 0.2) is 0 Å². The topological polar surface area (TPSA) is 52.8 Å². The number of methoxy groups -OCH3 is 2. The molecule has 0 radical (unpaired) electrons.